The number of fused-ring (bicyclic) bond motifs is 1. The zero-order valence-corrected chi connectivity index (χ0v) is 13.5. The van der Waals surface area contributed by atoms with Crippen LogP contribution in [0.25, 0.3) is 0 Å². The number of hydrogen-bond acceptors (Lipinski definition) is 6. The molecular formula is C15H18N4O2S. The van der Waals surface area contributed by atoms with Crippen molar-refractivity contribution in [3.05, 3.63) is 24.3 Å². The zero-order chi connectivity index (χ0) is 15.5. The average molecular weight is 318 g/mol. The SMILES string of the molecule is CCOc1ccc(N2CCn3c(SCC(C)=O)nnc32)cc1. The summed E-state index contributed by atoms with van der Waals surface area (Å²) in [6.07, 6.45) is 0. The molecule has 6 nitrogen and oxygen atoms in total. The van der Waals surface area contributed by atoms with Gasteiger partial charge in [0.05, 0.1) is 12.4 Å². The summed E-state index contributed by atoms with van der Waals surface area (Å²) in [5.74, 6) is 2.27. The molecule has 0 N–H and O–H groups in total. The van der Waals surface area contributed by atoms with Gasteiger partial charge in [-0.15, -0.1) is 10.2 Å². The van der Waals surface area contributed by atoms with Crippen LogP contribution in [0, 0.1) is 0 Å². The Hall–Kier alpha value is -2.02. The predicted octanol–water partition coefficient (Wildman–Crippen LogP) is 2.51. The molecule has 1 aliphatic rings. The summed E-state index contributed by atoms with van der Waals surface area (Å²) >= 11 is 1.44. The maximum atomic E-state index is 11.1. The number of nitrogens with zero attached hydrogens (tertiary/aromatic N) is 4. The third-order valence-electron chi connectivity index (χ3n) is 3.35. The lowest BCUT2D eigenvalue weighted by Crippen LogP contribution is -2.14. The number of rotatable bonds is 6. The number of ether oxygens (including phenoxy) is 1. The normalized spacial score (nSPS) is 13.3. The van der Waals surface area contributed by atoms with Crippen molar-refractivity contribution >= 4 is 29.2 Å². The van der Waals surface area contributed by atoms with Crippen LogP contribution in [0.3, 0.4) is 0 Å². The fraction of sp³-hybridized carbons (Fsp3) is 0.400. The molecule has 116 valence electrons. The van der Waals surface area contributed by atoms with Crippen molar-refractivity contribution in [2.24, 2.45) is 0 Å². The van der Waals surface area contributed by atoms with Crippen LogP contribution in [0.5, 0.6) is 5.75 Å². The Bertz CT molecular complexity index is 669. The number of benzene rings is 1. The molecule has 22 heavy (non-hydrogen) atoms. The molecule has 0 radical (unpaired) electrons. The van der Waals surface area contributed by atoms with Gasteiger partial charge in [0, 0.05) is 18.8 Å². The maximum absolute atomic E-state index is 11.1. The first-order valence-electron chi connectivity index (χ1n) is 7.25. The molecule has 0 unspecified atom stereocenters. The fourth-order valence-corrected chi connectivity index (χ4v) is 3.14. The lowest BCUT2D eigenvalue weighted by Gasteiger charge is -2.15. The lowest BCUT2D eigenvalue weighted by molar-refractivity contribution is -0.114. The van der Waals surface area contributed by atoms with Gasteiger partial charge in [-0.2, -0.15) is 0 Å². The van der Waals surface area contributed by atoms with E-state index in [-0.39, 0.29) is 5.78 Å². The van der Waals surface area contributed by atoms with Crippen molar-refractivity contribution in [1.29, 1.82) is 0 Å². The predicted molar refractivity (Wildman–Crippen MR) is 86.0 cm³/mol. The Morgan fingerprint density at radius 3 is 2.73 bits per heavy atom. The monoisotopic (exact) mass is 318 g/mol. The van der Waals surface area contributed by atoms with Gasteiger partial charge in [-0.1, -0.05) is 11.8 Å². The van der Waals surface area contributed by atoms with Crippen molar-refractivity contribution in [2.75, 3.05) is 23.8 Å². The molecule has 0 amide bonds. The number of hydrogen-bond donors (Lipinski definition) is 0. The van der Waals surface area contributed by atoms with E-state index >= 15 is 0 Å². The van der Waals surface area contributed by atoms with Gasteiger partial charge in [0.25, 0.3) is 0 Å². The molecule has 1 aromatic carbocycles. The molecule has 0 fully saturated rings. The molecule has 0 saturated carbocycles. The topological polar surface area (TPSA) is 60.2 Å². The number of ketones is 1. The van der Waals surface area contributed by atoms with Crippen LogP contribution in [0.4, 0.5) is 11.6 Å². The van der Waals surface area contributed by atoms with Gasteiger partial charge in [0.1, 0.15) is 11.5 Å². The van der Waals surface area contributed by atoms with Gasteiger partial charge in [-0.25, -0.2) is 0 Å². The second kappa shape index (κ2) is 6.39. The molecule has 0 atom stereocenters. The Kier molecular flexibility index (Phi) is 4.33. The van der Waals surface area contributed by atoms with Gasteiger partial charge in [-0.05, 0) is 38.1 Å². The largest absolute Gasteiger partial charge is 0.494 e. The van der Waals surface area contributed by atoms with Gasteiger partial charge < -0.3 is 9.64 Å². The highest BCUT2D eigenvalue weighted by atomic mass is 32.2. The van der Waals surface area contributed by atoms with Crippen LogP contribution < -0.4 is 9.64 Å². The van der Waals surface area contributed by atoms with E-state index in [4.69, 9.17) is 4.74 Å². The fourth-order valence-electron chi connectivity index (χ4n) is 2.38. The summed E-state index contributed by atoms with van der Waals surface area (Å²) in [7, 11) is 0. The van der Waals surface area contributed by atoms with Gasteiger partial charge in [0.15, 0.2) is 5.16 Å². The number of aromatic nitrogens is 3. The highest BCUT2D eigenvalue weighted by molar-refractivity contribution is 7.99. The molecule has 2 heterocycles. The first-order valence-corrected chi connectivity index (χ1v) is 8.23. The van der Waals surface area contributed by atoms with E-state index in [1.54, 1.807) is 6.92 Å². The van der Waals surface area contributed by atoms with E-state index < -0.39 is 0 Å². The molecule has 3 rings (SSSR count). The number of thioether (sulfide) groups is 1. The number of anilines is 2. The first-order chi connectivity index (χ1) is 10.7. The van der Waals surface area contributed by atoms with Crippen molar-refractivity contribution in [2.45, 2.75) is 25.5 Å². The van der Waals surface area contributed by atoms with E-state index in [0.29, 0.717) is 12.4 Å². The minimum absolute atomic E-state index is 0.142. The van der Waals surface area contributed by atoms with Crippen LogP contribution in [-0.4, -0.2) is 39.5 Å². The highest BCUT2D eigenvalue weighted by Crippen LogP contribution is 2.32. The molecule has 0 spiro atoms. The zero-order valence-electron chi connectivity index (χ0n) is 12.7. The number of carbonyl (C=O) groups is 1. The van der Waals surface area contributed by atoms with E-state index in [1.165, 1.54) is 11.8 Å². The Balaban J connectivity index is 1.78. The van der Waals surface area contributed by atoms with Crippen molar-refractivity contribution in [3.8, 4) is 5.75 Å². The molecule has 1 aromatic heterocycles. The summed E-state index contributed by atoms with van der Waals surface area (Å²) < 4.78 is 7.52. The van der Waals surface area contributed by atoms with E-state index in [9.17, 15) is 4.79 Å². The Morgan fingerprint density at radius 1 is 1.27 bits per heavy atom. The third kappa shape index (κ3) is 2.94. The summed E-state index contributed by atoms with van der Waals surface area (Å²) in [5.41, 5.74) is 1.07. The van der Waals surface area contributed by atoms with E-state index in [2.05, 4.69) is 19.7 Å². The van der Waals surface area contributed by atoms with Crippen LogP contribution in [0.15, 0.2) is 29.4 Å². The lowest BCUT2D eigenvalue weighted by atomic mass is 10.3. The molecule has 0 aliphatic carbocycles. The Morgan fingerprint density at radius 2 is 2.05 bits per heavy atom. The van der Waals surface area contributed by atoms with Gasteiger partial charge in [-0.3, -0.25) is 9.36 Å². The second-order valence-corrected chi connectivity index (χ2v) is 5.95. The molecule has 0 bridgehead atoms. The third-order valence-corrected chi connectivity index (χ3v) is 4.46. The van der Waals surface area contributed by atoms with Crippen molar-refractivity contribution < 1.29 is 9.53 Å². The molecule has 1 aliphatic heterocycles. The van der Waals surface area contributed by atoms with Crippen LogP contribution >= 0.6 is 11.8 Å². The molecule has 7 heteroatoms. The summed E-state index contributed by atoms with van der Waals surface area (Å²) in [6.45, 7) is 5.90. The minimum Gasteiger partial charge on any atom is -0.494 e. The molecule has 0 saturated heterocycles. The summed E-state index contributed by atoms with van der Waals surface area (Å²) in [5, 5.41) is 9.26. The Labute approximate surface area is 133 Å². The van der Waals surface area contributed by atoms with Crippen LogP contribution in [0.2, 0.25) is 0 Å². The first kappa shape index (κ1) is 14.9. The second-order valence-electron chi connectivity index (χ2n) is 5.00. The van der Waals surface area contributed by atoms with Crippen LogP contribution in [0.1, 0.15) is 13.8 Å². The van der Waals surface area contributed by atoms with Gasteiger partial charge >= 0.3 is 0 Å². The number of carbonyl (C=O) groups excluding carboxylic acids is 1. The van der Waals surface area contributed by atoms with Gasteiger partial charge in [0.2, 0.25) is 5.95 Å². The minimum atomic E-state index is 0.142. The van der Waals surface area contributed by atoms with E-state index in [1.807, 2.05) is 31.2 Å². The number of Topliss-reactive ketones (excluding diaryl/α,β-unsaturated/α-hetero) is 1. The standard InChI is InChI=1S/C15H18N4O2S/c1-3-21-13-6-4-12(5-7-13)18-8-9-19-14(18)16-17-15(19)22-10-11(2)20/h4-7H,3,8-10H2,1-2H3. The maximum Gasteiger partial charge on any atom is 0.232 e. The van der Waals surface area contributed by atoms with Crippen LogP contribution in [-0.2, 0) is 11.3 Å². The van der Waals surface area contributed by atoms with Crippen molar-refractivity contribution in [3.63, 3.8) is 0 Å². The highest BCUT2D eigenvalue weighted by Gasteiger charge is 2.26. The average Bonchev–Trinajstić information content (AvgIpc) is 3.08. The summed E-state index contributed by atoms with van der Waals surface area (Å²) in [4.78, 5) is 13.2. The smallest absolute Gasteiger partial charge is 0.232 e. The van der Waals surface area contributed by atoms with E-state index in [0.717, 1.165) is 35.6 Å². The quantitative estimate of drug-likeness (QED) is 0.763. The van der Waals surface area contributed by atoms with Crippen molar-refractivity contribution in [1.82, 2.24) is 14.8 Å². The summed E-state index contributed by atoms with van der Waals surface area (Å²) in [6, 6.07) is 7.97. The molecule has 2 aromatic rings. The molecular weight excluding hydrogens is 300 g/mol.